The van der Waals surface area contributed by atoms with Crippen LogP contribution in [0.25, 0.3) is 11.3 Å². The molecule has 0 aliphatic carbocycles. The number of pyridine rings is 1. The number of hydrogen-bond donors (Lipinski definition) is 0. The molecule has 0 amide bonds. The van der Waals surface area contributed by atoms with Crippen molar-refractivity contribution in [2.75, 3.05) is 13.7 Å². The van der Waals surface area contributed by atoms with Crippen molar-refractivity contribution in [2.45, 2.75) is 27.3 Å². The lowest BCUT2D eigenvalue weighted by atomic mass is 10.0. The number of carbonyl (C=O) groups is 1. The van der Waals surface area contributed by atoms with Crippen LogP contribution in [0.1, 0.15) is 28.4 Å². The molecule has 1 aromatic heterocycles. The quantitative estimate of drug-likeness (QED) is 0.797. The van der Waals surface area contributed by atoms with Gasteiger partial charge in [0.2, 0.25) is 0 Å². The van der Waals surface area contributed by atoms with Crippen molar-refractivity contribution >= 4 is 5.78 Å². The fraction of sp³-hybridized carbons (Fsp3) is 0.333. The fourth-order valence-corrected chi connectivity index (χ4v) is 2.50. The van der Waals surface area contributed by atoms with Gasteiger partial charge in [0, 0.05) is 19.2 Å². The van der Waals surface area contributed by atoms with Crippen LogP contribution >= 0.6 is 0 Å². The molecule has 0 saturated heterocycles. The normalized spacial score (nSPS) is 10.7. The van der Waals surface area contributed by atoms with E-state index < -0.39 is 0 Å². The number of rotatable bonds is 5. The standard InChI is InChI=1S/C18H21NO3/c1-12-5-6-13(2)16(11-12)17-8-7-15(14(3)20)18(21)19(17)9-10-22-4/h5-8,11H,9-10H2,1-4H3. The molecule has 1 aromatic carbocycles. The van der Waals surface area contributed by atoms with E-state index in [2.05, 4.69) is 6.07 Å². The third kappa shape index (κ3) is 3.17. The summed E-state index contributed by atoms with van der Waals surface area (Å²) in [5.74, 6) is -0.219. The first-order chi connectivity index (χ1) is 10.5. The maximum absolute atomic E-state index is 12.6. The number of carbonyl (C=O) groups excluding carboxylic acids is 1. The highest BCUT2D eigenvalue weighted by Crippen LogP contribution is 2.24. The van der Waals surface area contributed by atoms with Crippen LogP contribution in [-0.4, -0.2) is 24.1 Å². The van der Waals surface area contributed by atoms with Crippen LogP contribution in [-0.2, 0) is 11.3 Å². The van der Waals surface area contributed by atoms with Crippen molar-refractivity contribution < 1.29 is 9.53 Å². The summed E-state index contributed by atoms with van der Waals surface area (Å²) in [5.41, 5.74) is 3.98. The molecule has 0 aliphatic rings. The highest BCUT2D eigenvalue weighted by molar-refractivity contribution is 5.94. The van der Waals surface area contributed by atoms with Gasteiger partial charge in [-0.1, -0.05) is 17.7 Å². The SMILES string of the molecule is COCCn1c(-c2cc(C)ccc2C)ccc(C(C)=O)c1=O. The Bertz CT molecular complexity index is 759. The minimum atomic E-state index is -0.261. The van der Waals surface area contributed by atoms with Crippen molar-refractivity contribution in [2.24, 2.45) is 0 Å². The second-order valence-corrected chi connectivity index (χ2v) is 5.46. The van der Waals surface area contributed by atoms with Crippen LogP contribution in [0.15, 0.2) is 35.1 Å². The van der Waals surface area contributed by atoms with Crippen LogP contribution in [0, 0.1) is 13.8 Å². The van der Waals surface area contributed by atoms with Gasteiger partial charge in [0.15, 0.2) is 5.78 Å². The lowest BCUT2D eigenvalue weighted by Gasteiger charge is -2.16. The maximum atomic E-state index is 12.6. The van der Waals surface area contributed by atoms with Gasteiger partial charge in [-0.15, -0.1) is 0 Å². The summed E-state index contributed by atoms with van der Waals surface area (Å²) >= 11 is 0. The van der Waals surface area contributed by atoms with Crippen LogP contribution in [0.2, 0.25) is 0 Å². The number of methoxy groups -OCH3 is 1. The van der Waals surface area contributed by atoms with Gasteiger partial charge in [-0.25, -0.2) is 0 Å². The Kier molecular flexibility index (Phi) is 4.93. The van der Waals surface area contributed by atoms with Crippen molar-refractivity contribution in [3.63, 3.8) is 0 Å². The number of ketones is 1. The molecule has 2 rings (SSSR count). The van der Waals surface area contributed by atoms with Crippen molar-refractivity contribution in [1.82, 2.24) is 4.57 Å². The van der Waals surface area contributed by atoms with Gasteiger partial charge in [0.1, 0.15) is 0 Å². The van der Waals surface area contributed by atoms with E-state index in [0.29, 0.717) is 13.2 Å². The molecule has 0 bridgehead atoms. The van der Waals surface area contributed by atoms with Crippen molar-refractivity contribution in [1.29, 1.82) is 0 Å². The summed E-state index contributed by atoms with van der Waals surface area (Å²) in [6.45, 7) is 6.27. The molecule has 4 nitrogen and oxygen atoms in total. The van der Waals surface area contributed by atoms with Crippen LogP contribution in [0.5, 0.6) is 0 Å². The van der Waals surface area contributed by atoms with E-state index in [-0.39, 0.29) is 16.9 Å². The molecule has 0 unspecified atom stereocenters. The number of ether oxygens (including phenoxy) is 1. The highest BCUT2D eigenvalue weighted by atomic mass is 16.5. The molecular formula is C18H21NO3. The number of benzene rings is 1. The third-order valence-corrected chi connectivity index (χ3v) is 3.74. The molecule has 116 valence electrons. The van der Waals surface area contributed by atoms with Gasteiger partial charge in [-0.2, -0.15) is 0 Å². The van der Waals surface area contributed by atoms with Crippen LogP contribution in [0.4, 0.5) is 0 Å². The molecule has 0 aliphatic heterocycles. The van der Waals surface area contributed by atoms with Gasteiger partial charge in [-0.05, 0) is 44.5 Å². The largest absolute Gasteiger partial charge is 0.383 e. The van der Waals surface area contributed by atoms with E-state index in [9.17, 15) is 9.59 Å². The molecule has 0 saturated carbocycles. The molecule has 0 atom stereocenters. The smallest absolute Gasteiger partial charge is 0.261 e. The average molecular weight is 299 g/mol. The molecule has 22 heavy (non-hydrogen) atoms. The topological polar surface area (TPSA) is 48.3 Å². The number of Topliss-reactive ketones (excluding diaryl/α,β-unsaturated/α-hetero) is 1. The number of aromatic nitrogens is 1. The maximum Gasteiger partial charge on any atom is 0.261 e. The lowest BCUT2D eigenvalue weighted by molar-refractivity contribution is 0.101. The number of hydrogen-bond acceptors (Lipinski definition) is 3. The van der Waals surface area contributed by atoms with Crippen molar-refractivity contribution in [3.05, 3.63) is 57.4 Å². The van der Waals surface area contributed by atoms with Gasteiger partial charge in [0.05, 0.1) is 17.9 Å². The summed E-state index contributed by atoms with van der Waals surface area (Å²) in [6, 6.07) is 9.59. The minimum Gasteiger partial charge on any atom is -0.383 e. The molecular weight excluding hydrogens is 278 g/mol. The number of aryl methyl sites for hydroxylation is 2. The first-order valence-electron chi connectivity index (χ1n) is 7.27. The molecule has 0 fully saturated rings. The monoisotopic (exact) mass is 299 g/mol. The molecule has 4 heteroatoms. The second kappa shape index (κ2) is 6.71. The summed E-state index contributed by atoms with van der Waals surface area (Å²) in [5, 5.41) is 0. The third-order valence-electron chi connectivity index (χ3n) is 3.74. The molecule has 0 N–H and O–H groups in total. The lowest BCUT2D eigenvalue weighted by Crippen LogP contribution is -2.28. The first-order valence-corrected chi connectivity index (χ1v) is 7.27. The molecule has 0 spiro atoms. The Hall–Kier alpha value is -2.20. The molecule has 1 heterocycles. The van der Waals surface area contributed by atoms with Gasteiger partial charge in [0.25, 0.3) is 5.56 Å². The first kappa shape index (κ1) is 16.2. The Morgan fingerprint density at radius 3 is 2.55 bits per heavy atom. The second-order valence-electron chi connectivity index (χ2n) is 5.46. The fourth-order valence-electron chi connectivity index (χ4n) is 2.50. The number of nitrogens with zero attached hydrogens (tertiary/aromatic N) is 1. The van der Waals surface area contributed by atoms with Gasteiger partial charge in [-0.3, -0.25) is 9.59 Å². The van der Waals surface area contributed by atoms with Crippen LogP contribution < -0.4 is 5.56 Å². The Labute approximate surface area is 130 Å². The summed E-state index contributed by atoms with van der Waals surface area (Å²) in [7, 11) is 1.59. The summed E-state index contributed by atoms with van der Waals surface area (Å²) in [4.78, 5) is 24.2. The van der Waals surface area contributed by atoms with E-state index in [0.717, 1.165) is 22.4 Å². The van der Waals surface area contributed by atoms with E-state index in [1.807, 2.05) is 32.0 Å². The van der Waals surface area contributed by atoms with Crippen molar-refractivity contribution in [3.8, 4) is 11.3 Å². The highest BCUT2D eigenvalue weighted by Gasteiger charge is 2.14. The average Bonchev–Trinajstić information content (AvgIpc) is 2.48. The predicted molar refractivity (Wildman–Crippen MR) is 87.5 cm³/mol. The molecule has 2 aromatic rings. The molecule has 0 radical (unpaired) electrons. The minimum absolute atomic E-state index is 0.213. The van der Waals surface area contributed by atoms with E-state index in [1.54, 1.807) is 17.7 Å². The predicted octanol–water partition coefficient (Wildman–Crippen LogP) is 2.98. The van der Waals surface area contributed by atoms with Crippen LogP contribution in [0.3, 0.4) is 0 Å². The summed E-state index contributed by atoms with van der Waals surface area (Å²) < 4.78 is 6.73. The zero-order valence-electron chi connectivity index (χ0n) is 13.5. The van der Waals surface area contributed by atoms with Gasteiger partial charge >= 0.3 is 0 Å². The zero-order chi connectivity index (χ0) is 16.3. The Balaban J connectivity index is 2.69. The summed E-state index contributed by atoms with van der Waals surface area (Å²) in [6.07, 6.45) is 0. The van der Waals surface area contributed by atoms with E-state index in [1.165, 1.54) is 6.92 Å². The van der Waals surface area contributed by atoms with E-state index >= 15 is 0 Å². The van der Waals surface area contributed by atoms with Gasteiger partial charge < -0.3 is 9.30 Å². The Morgan fingerprint density at radius 2 is 1.91 bits per heavy atom. The Morgan fingerprint density at radius 1 is 1.18 bits per heavy atom. The van der Waals surface area contributed by atoms with E-state index in [4.69, 9.17) is 4.74 Å². The zero-order valence-corrected chi connectivity index (χ0v) is 13.5.